The maximum atomic E-state index is 13.0. The summed E-state index contributed by atoms with van der Waals surface area (Å²) >= 11 is 0. The normalized spacial score (nSPS) is 20.8. The number of carbonyl (C=O) groups excluding carboxylic acids is 1. The van der Waals surface area contributed by atoms with Crippen LogP contribution in [0.15, 0.2) is 64.5 Å². The van der Waals surface area contributed by atoms with Gasteiger partial charge in [0.05, 0.1) is 11.3 Å². The molecule has 1 aliphatic heterocycles. The van der Waals surface area contributed by atoms with E-state index in [0.29, 0.717) is 24.0 Å². The van der Waals surface area contributed by atoms with E-state index in [-0.39, 0.29) is 17.2 Å². The summed E-state index contributed by atoms with van der Waals surface area (Å²) in [4.78, 5) is 25.1. The van der Waals surface area contributed by atoms with Crippen LogP contribution in [0.1, 0.15) is 38.3 Å². The zero-order valence-electron chi connectivity index (χ0n) is 16.3. The number of carbonyl (C=O) groups is 1. The first-order valence-corrected chi connectivity index (χ1v) is 9.68. The number of Topliss-reactive ketones (excluding diaryl/α,β-unsaturated/α-hetero) is 1. The summed E-state index contributed by atoms with van der Waals surface area (Å²) in [6.07, 6.45) is 4.83. The third kappa shape index (κ3) is 3.29. The molecule has 0 unspecified atom stereocenters. The fourth-order valence-corrected chi connectivity index (χ4v) is 4.08. The molecule has 3 aromatic rings. The summed E-state index contributed by atoms with van der Waals surface area (Å²) in [5.74, 6) is 0.792. The van der Waals surface area contributed by atoms with Crippen molar-refractivity contribution in [3.05, 3.63) is 65.6 Å². The smallest absolute Gasteiger partial charge is 0.365 e. The minimum atomic E-state index is -0.282. The SMILES string of the molecule is CC1(C)CC(=O)C2=C(C1)NC(Nc1nc3ccccc3o1)=[NH+][C@H]2c1cccnc1. The second kappa shape index (κ2) is 6.55. The second-order valence-electron chi connectivity index (χ2n) is 8.31. The summed E-state index contributed by atoms with van der Waals surface area (Å²) in [6.45, 7) is 4.23. The molecule has 0 fully saturated rings. The maximum absolute atomic E-state index is 13.0. The van der Waals surface area contributed by atoms with E-state index >= 15 is 0 Å². The minimum Gasteiger partial charge on any atom is -0.412 e. The third-order valence-corrected chi connectivity index (χ3v) is 5.32. The van der Waals surface area contributed by atoms with Crippen molar-refractivity contribution in [1.29, 1.82) is 0 Å². The molecule has 0 amide bonds. The van der Waals surface area contributed by atoms with E-state index < -0.39 is 0 Å². The lowest BCUT2D eigenvalue weighted by Crippen LogP contribution is -2.82. The first-order valence-electron chi connectivity index (χ1n) is 9.68. The van der Waals surface area contributed by atoms with E-state index in [9.17, 15) is 4.79 Å². The molecule has 1 aromatic carbocycles. The molecule has 0 spiro atoms. The largest absolute Gasteiger partial charge is 0.412 e. The van der Waals surface area contributed by atoms with E-state index in [1.165, 1.54) is 0 Å². The molecule has 29 heavy (non-hydrogen) atoms. The number of rotatable bonds is 2. The van der Waals surface area contributed by atoms with Crippen molar-refractivity contribution in [3.8, 4) is 0 Å². The highest BCUT2D eigenvalue weighted by atomic mass is 16.4. The quantitative estimate of drug-likeness (QED) is 0.622. The Morgan fingerprint density at radius 2 is 2.07 bits per heavy atom. The Morgan fingerprint density at radius 3 is 2.86 bits per heavy atom. The molecule has 0 radical (unpaired) electrons. The van der Waals surface area contributed by atoms with Gasteiger partial charge in [-0.2, -0.15) is 10.3 Å². The number of anilines is 1. The van der Waals surface area contributed by atoms with Gasteiger partial charge in [-0.1, -0.05) is 32.0 Å². The van der Waals surface area contributed by atoms with Crippen LogP contribution >= 0.6 is 0 Å². The molecule has 7 heteroatoms. The average molecular weight is 388 g/mol. The van der Waals surface area contributed by atoms with E-state index in [1.54, 1.807) is 12.4 Å². The number of hydrogen-bond donors (Lipinski definition) is 3. The number of nitrogens with zero attached hydrogens (tertiary/aromatic N) is 2. The molecule has 5 rings (SSSR count). The second-order valence-corrected chi connectivity index (χ2v) is 8.31. The monoisotopic (exact) mass is 388 g/mol. The Hall–Kier alpha value is -3.48. The lowest BCUT2D eigenvalue weighted by molar-refractivity contribution is -0.502. The molecule has 0 saturated heterocycles. The number of hydrogen-bond acceptors (Lipinski definition) is 6. The van der Waals surface area contributed by atoms with Gasteiger partial charge < -0.3 is 4.42 Å². The van der Waals surface area contributed by atoms with Crippen LogP contribution in [0.5, 0.6) is 0 Å². The van der Waals surface area contributed by atoms with Crippen molar-refractivity contribution < 1.29 is 14.2 Å². The van der Waals surface area contributed by atoms with Gasteiger partial charge in [-0.25, -0.2) is 5.32 Å². The molecule has 146 valence electrons. The Bertz CT molecular complexity index is 1130. The standard InChI is InChI=1S/C22H21N5O2/c1-22(2)10-15-18(16(28)11-22)19(13-6-5-9-23-12-13)26-20(24-15)27-21-25-14-7-3-4-8-17(14)29-21/h3-9,12,19H,10-11H2,1-2H3,(H2,24,25,26,27)/p+1/t19-/m0/s1. The molecule has 1 atom stereocenters. The fourth-order valence-electron chi connectivity index (χ4n) is 4.08. The maximum Gasteiger partial charge on any atom is 0.365 e. The molecule has 2 aromatic heterocycles. The van der Waals surface area contributed by atoms with E-state index in [2.05, 4.69) is 39.4 Å². The lowest BCUT2D eigenvalue weighted by Gasteiger charge is -2.34. The highest BCUT2D eigenvalue weighted by molar-refractivity contribution is 6.01. The average Bonchev–Trinajstić information content (AvgIpc) is 3.09. The van der Waals surface area contributed by atoms with Crippen LogP contribution in [0.2, 0.25) is 0 Å². The summed E-state index contributed by atoms with van der Waals surface area (Å²) < 4.78 is 5.79. The fraction of sp³-hybridized carbons (Fsp3) is 0.273. The number of benzene rings is 1. The van der Waals surface area contributed by atoms with E-state index in [1.807, 2.05) is 36.4 Å². The molecule has 3 heterocycles. The van der Waals surface area contributed by atoms with Gasteiger partial charge >= 0.3 is 12.0 Å². The molecule has 2 aliphatic rings. The van der Waals surface area contributed by atoms with Crippen LogP contribution in [0.3, 0.4) is 0 Å². The predicted molar refractivity (Wildman–Crippen MR) is 109 cm³/mol. The van der Waals surface area contributed by atoms with Crippen molar-refractivity contribution >= 4 is 28.9 Å². The lowest BCUT2D eigenvalue weighted by atomic mass is 9.73. The van der Waals surface area contributed by atoms with Crippen LogP contribution in [-0.4, -0.2) is 21.7 Å². The minimum absolute atomic E-state index is 0.0948. The number of guanidine groups is 1. The molecule has 0 saturated carbocycles. The number of pyridine rings is 1. The van der Waals surface area contributed by atoms with Gasteiger partial charge in [-0.3, -0.25) is 14.8 Å². The van der Waals surface area contributed by atoms with Crippen LogP contribution in [0.4, 0.5) is 6.01 Å². The van der Waals surface area contributed by atoms with E-state index in [4.69, 9.17) is 4.42 Å². The molecule has 1 aliphatic carbocycles. The Balaban J connectivity index is 1.54. The van der Waals surface area contributed by atoms with Crippen molar-refractivity contribution in [2.75, 3.05) is 5.32 Å². The molecular weight excluding hydrogens is 366 g/mol. The Labute approximate surface area is 168 Å². The van der Waals surface area contributed by atoms with Gasteiger partial charge in [0.15, 0.2) is 11.4 Å². The predicted octanol–water partition coefficient (Wildman–Crippen LogP) is 2.06. The van der Waals surface area contributed by atoms with Crippen LogP contribution in [0, 0.1) is 5.41 Å². The summed E-state index contributed by atoms with van der Waals surface area (Å²) in [7, 11) is 0. The van der Waals surface area contributed by atoms with Crippen LogP contribution in [-0.2, 0) is 4.79 Å². The first-order chi connectivity index (χ1) is 14.0. The van der Waals surface area contributed by atoms with Crippen LogP contribution < -0.4 is 15.6 Å². The van der Waals surface area contributed by atoms with Gasteiger partial charge in [0.2, 0.25) is 0 Å². The number of allylic oxidation sites excluding steroid dienone is 1. The third-order valence-electron chi connectivity index (χ3n) is 5.32. The van der Waals surface area contributed by atoms with E-state index in [0.717, 1.165) is 28.8 Å². The van der Waals surface area contributed by atoms with Gasteiger partial charge in [0.1, 0.15) is 11.6 Å². The number of para-hydroxylation sites is 2. The number of aromatic nitrogens is 2. The zero-order chi connectivity index (χ0) is 20.0. The van der Waals surface area contributed by atoms with Crippen molar-refractivity contribution in [2.45, 2.75) is 32.7 Å². The topological polar surface area (TPSA) is 94.0 Å². The molecular formula is C22H22N5O2+. The summed E-state index contributed by atoms with van der Waals surface area (Å²) in [5, 5.41) is 6.56. The number of fused-ring (bicyclic) bond motifs is 1. The molecule has 3 N–H and O–H groups in total. The highest BCUT2D eigenvalue weighted by Gasteiger charge is 2.42. The Kier molecular flexibility index (Phi) is 3.97. The summed E-state index contributed by atoms with van der Waals surface area (Å²) in [5.41, 5.74) is 4.04. The highest BCUT2D eigenvalue weighted by Crippen LogP contribution is 2.39. The first kappa shape index (κ1) is 17.6. The van der Waals surface area contributed by atoms with Crippen molar-refractivity contribution in [1.82, 2.24) is 15.3 Å². The number of nitrogens with one attached hydrogen (secondary N) is 3. The Morgan fingerprint density at radius 1 is 1.21 bits per heavy atom. The van der Waals surface area contributed by atoms with Crippen LogP contribution in [0.25, 0.3) is 11.1 Å². The number of ketones is 1. The van der Waals surface area contributed by atoms with Gasteiger partial charge in [-0.05, 0) is 23.6 Å². The van der Waals surface area contributed by atoms with Gasteiger partial charge in [0.25, 0.3) is 0 Å². The van der Waals surface area contributed by atoms with Crippen molar-refractivity contribution in [3.63, 3.8) is 0 Å². The summed E-state index contributed by atoms with van der Waals surface area (Å²) in [6, 6.07) is 11.6. The van der Waals surface area contributed by atoms with Gasteiger partial charge in [0, 0.05) is 30.8 Å². The van der Waals surface area contributed by atoms with Gasteiger partial charge in [-0.15, -0.1) is 0 Å². The van der Waals surface area contributed by atoms with Crippen molar-refractivity contribution in [2.24, 2.45) is 5.41 Å². The zero-order valence-corrected chi connectivity index (χ0v) is 16.3. The molecule has 7 nitrogen and oxygen atoms in total. The molecule has 0 bridgehead atoms. The number of oxazole rings is 1.